The number of aromatic amines is 1. The van der Waals surface area contributed by atoms with Gasteiger partial charge in [0, 0.05) is 12.1 Å². The summed E-state index contributed by atoms with van der Waals surface area (Å²) in [6.07, 6.45) is 5.79. The van der Waals surface area contributed by atoms with E-state index < -0.39 is 5.82 Å². The average molecular weight is 447 g/mol. The van der Waals surface area contributed by atoms with Crippen molar-refractivity contribution in [3.05, 3.63) is 89.6 Å². The molecule has 1 unspecified atom stereocenters. The van der Waals surface area contributed by atoms with Crippen LogP contribution in [0.3, 0.4) is 0 Å². The van der Waals surface area contributed by atoms with Gasteiger partial charge in [0.2, 0.25) is 0 Å². The lowest BCUT2D eigenvalue weighted by Crippen LogP contribution is -2.39. The molecule has 1 aliphatic rings. The smallest absolute Gasteiger partial charge is 0.257 e. The number of para-hydroxylation sites is 1. The Labute approximate surface area is 189 Å². The molecule has 1 fully saturated rings. The second kappa shape index (κ2) is 8.61. The number of H-pyrrole nitrogens is 1. The Morgan fingerprint density at radius 1 is 1.09 bits per heavy atom. The van der Waals surface area contributed by atoms with E-state index >= 15 is 0 Å². The lowest BCUT2D eigenvalue weighted by molar-refractivity contribution is 0.0600. The summed E-state index contributed by atoms with van der Waals surface area (Å²) < 4.78 is 29.4. The zero-order valence-corrected chi connectivity index (χ0v) is 18.1. The molecule has 3 heterocycles. The number of halogens is 2. The number of carbonyl (C=O) groups excluding carboxylic acids is 1. The molecule has 1 atom stereocenters. The van der Waals surface area contributed by atoms with Gasteiger partial charge in [-0.15, -0.1) is 0 Å². The number of likely N-dealkylation sites (tertiary alicyclic amines) is 1. The monoisotopic (exact) mass is 447 g/mol. The van der Waals surface area contributed by atoms with Gasteiger partial charge in [-0.25, -0.2) is 18.4 Å². The molecule has 5 rings (SSSR count). The quantitative estimate of drug-likeness (QED) is 0.467. The van der Waals surface area contributed by atoms with Crippen molar-refractivity contribution in [2.45, 2.75) is 32.2 Å². The summed E-state index contributed by atoms with van der Waals surface area (Å²) in [5.41, 5.74) is 2.71. The van der Waals surface area contributed by atoms with E-state index in [0.29, 0.717) is 40.6 Å². The Morgan fingerprint density at radius 2 is 1.94 bits per heavy atom. The molecule has 4 aromatic rings. The fourth-order valence-corrected chi connectivity index (χ4v) is 4.41. The van der Waals surface area contributed by atoms with Crippen molar-refractivity contribution < 1.29 is 13.6 Å². The molecule has 0 saturated carbocycles. The number of benzene rings is 2. The van der Waals surface area contributed by atoms with Crippen molar-refractivity contribution in [3.63, 3.8) is 0 Å². The van der Waals surface area contributed by atoms with Crippen LogP contribution in [-0.2, 0) is 0 Å². The number of hydrogen-bond donors (Lipinski definition) is 1. The van der Waals surface area contributed by atoms with Crippen molar-refractivity contribution in [2.24, 2.45) is 0 Å². The van der Waals surface area contributed by atoms with Crippen LogP contribution in [0.15, 0.2) is 60.9 Å². The molecule has 1 amide bonds. The molecular weight excluding hydrogens is 424 g/mol. The summed E-state index contributed by atoms with van der Waals surface area (Å²) in [6.45, 7) is 2.35. The zero-order valence-electron chi connectivity index (χ0n) is 18.1. The van der Waals surface area contributed by atoms with Crippen LogP contribution in [0.5, 0.6) is 0 Å². The summed E-state index contributed by atoms with van der Waals surface area (Å²) in [5, 5.41) is 4.28. The highest BCUT2D eigenvalue weighted by Crippen LogP contribution is 2.32. The van der Waals surface area contributed by atoms with Crippen LogP contribution in [0.4, 0.5) is 8.78 Å². The molecule has 2 aromatic heterocycles. The largest absolute Gasteiger partial charge is 0.340 e. The van der Waals surface area contributed by atoms with Crippen molar-refractivity contribution in [2.75, 3.05) is 6.54 Å². The summed E-state index contributed by atoms with van der Waals surface area (Å²) in [4.78, 5) is 23.1. The molecular formula is C25H23F2N5O. The number of carbonyl (C=O) groups is 1. The first kappa shape index (κ1) is 21.1. The predicted molar refractivity (Wildman–Crippen MR) is 120 cm³/mol. The highest BCUT2D eigenvalue weighted by atomic mass is 19.1. The summed E-state index contributed by atoms with van der Waals surface area (Å²) in [6, 6.07) is 12.4. The summed E-state index contributed by atoms with van der Waals surface area (Å²) >= 11 is 0. The van der Waals surface area contributed by atoms with Crippen LogP contribution in [0.25, 0.3) is 16.9 Å². The Kier molecular flexibility index (Phi) is 5.50. The SMILES string of the molecule is Cc1c(C(=O)N2CCCCC2c2ncc(-c3cccc(F)c3)[nH]2)cnn1-c1ccccc1F. The van der Waals surface area contributed by atoms with E-state index in [1.807, 2.05) is 6.07 Å². The molecule has 0 bridgehead atoms. The van der Waals surface area contributed by atoms with Crippen molar-refractivity contribution in [3.8, 4) is 16.9 Å². The normalized spacial score (nSPS) is 16.2. The van der Waals surface area contributed by atoms with E-state index in [0.717, 1.165) is 19.3 Å². The van der Waals surface area contributed by atoms with Crippen molar-refractivity contribution in [1.82, 2.24) is 24.6 Å². The lowest BCUT2D eigenvalue weighted by Gasteiger charge is -2.34. The summed E-state index contributed by atoms with van der Waals surface area (Å²) in [5.74, 6) is -0.218. The minimum absolute atomic E-state index is 0.163. The van der Waals surface area contributed by atoms with Gasteiger partial charge in [0.05, 0.1) is 35.4 Å². The van der Waals surface area contributed by atoms with E-state index in [-0.39, 0.29) is 17.8 Å². The third-order valence-electron chi connectivity index (χ3n) is 6.13. The number of nitrogens with one attached hydrogen (secondary N) is 1. The van der Waals surface area contributed by atoms with Crippen LogP contribution in [0, 0.1) is 18.6 Å². The van der Waals surface area contributed by atoms with E-state index in [1.165, 1.54) is 29.1 Å². The number of hydrogen-bond acceptors (Lipinski definition) is 3. The second-order valence-corrected chi connectivity index (χ2v) is 8.21. The third kappa shape index (κ3) is 3.92. The van der Waals surface area contributed by atoms with E-state index in [2.05, 4.69) is 15.1 Å². The maximum absolute atomic E-state index is 14.3. The van der Waals surface area contributed by atoms with Crippen LogP contribution in [0.2, 0.25) is 0 Å². The van der Waals surface area contributed by atoms with Gasteiger partial charge in [0.1, 0.15) is 23.1 Å². The van der Waals surface area contributed by atoms with E-state index in [1.54, 1.807) is 42.3 Å². The van der Waals surface area contributed by atoms with Crippen LogP contribution in [-0.4, -0.2) is 37.1 Å². The molecule has 1 N–H and O–H groups in total. The van der Waals surface area contributed by atoms with Crippen LogP contribution < -0.4 is 0 Å². The number of nitrogens with zero attached hydrogens (tertiary/aromatic N) is 4. The molecule has 33 heavy (non-hydrogen) atoms. The Balaban J connectivity index is 1.44. The third-order valence-corrected chi connectivity index (χ3v) is 6.13. The first-order valence-electron chi connectivity index (χ1n) is 10.9. The first-order chi connectivity index (χ1) is 16.0. The van der Waals surface area contributed by atoms with Gasteiger partial charge in [-0.1, -0.05) is 24.3 Å². The number of aromatic nitrogens is 4. The number of amides is 1. The standard InChI is InChI=1S/C25H23F2N5O/c1-16-19(14-29-32(16)22-10-3-2-9-20(22)27)25(33)31-12-5-4-11-23(31)24-28-15-21(30-24)17-7-6-8-18(26)13-17/h2-3,6-10,13-15,23H,4-5,11-12H2,1H3,(H,28,30). The van der Waals surface area contributed by atoms with Crippen LogP contribution >= 0.6 is 0 Å². The topological polar surface area (TPSA) is 66.8 Å². The highest BCUT2D eigenvalue weighted by Gasteiger charge is 2.32. The molecule has 0 radical (unpaired) electrons. The van der Waals surface area contributed by atoms with Gasteiger partial charge in [-0.3, -0.25) is 4.79 Å². The molecule has 0 spiro atoms. The lowest BCUT2D eigenvalue weighted by atomic mass is 10.00. The molecule has 2 aromatic carbocycles. The molecule has 168 valence electrons. The first-order valence-corrected chi connectivity index (χ1v) is 10.9. The van der Waals surface area contributed by atoms with Gasteiger partial charge in [-0.05, 0) is 50.5 Å². The molecule has 6 nitrogen and oxygen atoms in total. The second-order valence-electron chi connectivity index (χ2n) is 8.21. The molecule has 8 heteroatoms. The van der Waals surface area contributed by atoms with Crippen LogP contribution in [0.1, 0.15) is 47.2 Å². The minimum Gasteiger partial charge on any atom is -0.340 e. The highest BCUT2D eigenvalue weighted by molar-refractivity contribution is 5.95. The average Bonchev–Trinajstić information content (AvgIpc) is 3.46. The van der Waals surface area contributed by atoms with E-state index in [9.17, 15) is 13.6 Å². The van der Waals surface area contributed by atoms with Gasteiger partial charge < -0.3 is 9.88 Å². The number of piperidine rings is 1. The minimum atomic E-state index is -0.404. The van der Waals surface area contributed by atoms with Gasteiger partial charge >= 0.3 is 0 Å². The Morgan fingerprint density at radius 3 is 2.76 bits per heavy atom. The molecule has 1 aliphatic heterocycles. The Bertz CT molecular complexity index is 1310. The number of imidazole rings is 1. The predicted octanol–water partition coefficient (Wildman–Crippen LogP) is 5.22. The molecule has 0 aliphatic carbocycles. The van der Waals surface area contributed by atoms with Gasteiger partial charge in [0.25, 0.3) is 5.91 Å². The van der Waals surface area contributed by atoms with Gasteiger partial charge in [-0.2, -0.15) is 5.10 Å². The Hall–Kier alpha value is -3.81. The van der Waals surface area contributed by atoms with E-state index in [4.69, 9.17) is 0 Å². The maximum atomic E-state index is 14.3. The fraction of sp³-hybridized carbons (Fsp3) is 0.240. The fourth-order valence-electron chi connectivity index (χ4n) is 4.41. The zero-order chi connectivity index (χ0) is 22.9. The number of rotatable bonds is 4. The van der Waals surface area contributed by atoms with Crippen molar-refractivity contribution >= 4 is 5.91 Å². The van der Waals surface area contributed by atoms with Gasteiger partial charge in [0.15, 0.2) is 0 Å². The maximum Gasteiger partial charge on any atom is 0.257 e. The summed E-state index contributed by atoms with van der Waals surface area (Å²) in [7, 11) is 0. The van der Waals surface area contributed by atoms with Crippen molar-refractivity contribution in [1.29, 1.82) is 0 Å². The molecule has 1 saturated heterocycles.